The average molecular weight is 282 g/mol. The Labute approximate surface area is 121 Å². The van der Waals surface area contributed by atoms with Crippen molar-refractivity contribution in [2.75, 3.05) is 53.4 Å². The normalized spacial score (nSPS) is 24.5. The number of rotatable bonds is 3. The van der Waals surface area contributed by atoms with Crippen molar-refractivity contribution in [2.24, 2.45) is 0 Å². The fraction of sp³-hybridized carbons (Fsp3) is 0.857. The van der Waals surface area contributed by atoms with Gasteiger partial charge in [-0.15, -0.1) is 0 Å². The minimum absolute atomic E-state index is 0.0185. The molecule has 2 rings (SSSR count). The van der Waals surface area contributed by atoms with E-state index in [4.69, 9.17) is 0 Å². The van der Waals surface area contributed by atoms with Gasteiger partial charge in [0.15, 0.2) is 0 Å². The summed E-state index contributed by atoms with van der Waals surface area (Å²) in [6.45, 7) is 4.63. The molecular formula is C14H26N4O2. The second-order valence-corrected chi connectivity index (χ2v) is 5.89. The summed E-state index contributed by atoms with van der Waals surface area (Å²) in [6, 6.07) is 0.0185. The summed E-state index contributed by atoms with van der Waals surface area (Å²) in [5, 5.41) is 3.27. The first-order valence-corrected chi connectivity index (χ1v) is 7.52. The number of nitrogens with zero attached hydrogens (tertiary/aromatic N) is 3. The van der Waals surface area contributed by atoms with E-state index in [1.165, 1.54) is 0 Å². The number of hydrogen-bond donors (Lipinski definition) is 1. The minimum Gasteiger partial charge on any atom is -0.348 e. The zero-order valence-electron chi connectivity index (χ0n) is 12.6. The van der Waals surface area contributed by atoms with Gasteiger partial charge in [-0.2, -0.15) is 0 Å². The van der Waals surface area contributed by atoms with Crippen LogP contribution >= 0.6 is 0 Å². The van der Waals surface area contributed by atoms with Gasteiger partial charge in [0.25, 0.3) is 0 Å². The van der Waals surface area contributed by atoms with E-state index >= 15 is 0 Å². The molecule has 20 heavy (non-hydrogen) atoms. The van der Waals surface area contributed by atoms with Crippen molar-refractivity contribution >= 4 is 11.8 Å². The Hall–Kier alpha value is -1.14. The zero-order chi connectivity index (χ0) is 14.5. The molecule has 1 atom stereocenters. The molecule has 2 saturated heterocycles. The topological polar surface area (TPSA) is 55.9 Å². The number of nitrogens with one attached hydrogen (secondary N) is 1. The van der Waals surface area contributed by atoms with Crippen LogP contribution in [-0.4, -0.2) is 85.9 Å². The molecule has 1 unspecified atom stereocenters. The van der Waals surface area contributed by atoms with Crippen LogP contribution < -0.4 is 5.32 Å². The summed E-state index contributed by atoms with van der Waals surface area (Å²) in [5.74, 6) is 0.366. The van der Waals surface area contributed by atoms with Crippen LogP contribution in [0.2, 0.25) is 0 Å². The molecule has 0 aromatic heterocycles. The molecule has 2 amide bonds. The molecule has 2 fully saturated rings. The Bertz CT molecular complexity index is 353. The second kappa shape index (κ2) is 7.04. The second-order valence-electron chi connectivity index (χ2n) is 5.89. The van der Waals surface area contributed by atoms with Crippen molar-refractivity contribution in [3.63, 3.8) is 0 Å². The van der Waals surface area contributed by atoms with E-state index in [1.807, 2.05) is 4.90 Å². The first-order valence-electron chi connectivity index (χ1n) is 7.52. The molecule has 2 aliphatic rings. The van der Waals surface area contributed by atoms with Gasteiger partial charge in [0.05, 0.1) is 12.6 Å². The lowest BCUT2D eigenvalue weighted by Crippen LogP contribution is -2.45. The maximum Gasteiger partial charge on any atom is 0.239 e. The molecule has 0 bridgehead atoms. The quantitative estimate of drug-likeness (QED) is 0.748. The van der Waals surface area contributed by atoms with Crippen LogP contribution in [0.25, 0.3) is 0 Å². The molecule has 1 N–H and O–H groups in total. The van der Waals surface area contributed by atoms with Crippen molar-refractivity contribution in [1.82, 2.24) is 20.0 Å². The highest BCUT2D eigenvalue weighted by atomic mass is 16.2. The Morgan fingerprint density at radius 1 is 1.15 bits per heavy atom. The van der Waals surface area contributed by atoms with E-state index in [2.05, 4.69) is 10.2 Å². The summed E-state index contributed by atoms with van der Waals surface area (Å²) >= 11 is 0. The van der Waals surface area contributed by atoms with E-state index in [0.29, 0.717) is 6.54 Å². The van der Waals surface area contributed by atoms with Gasteiger partial charge in [0.1, 0.15) is 0 Å². The van der Waals surface area contributed by atoms with Gasteiger partial charge in [-0.1, -0.05) is 0 Å². The lowest BCUT2D eigenvalue weighted by molar-refractivity contribution is -0.132. The van der Waals surface area contributed by atoms with Crippen LogP contribution in [0.15, 0.2) is 0 Å². The van der Waals surface area contributed by atoms with Crippen molar-refractivity contribution < 1.29 is 9.59 Å². The first-order chi connectivity index (χ1) is 9.58. The largest absolute Gasteiger partial charge is 0.348 e. The Morgan fingerprint density at radius 2 is 1.95 bits per heavy atom. The van der Waals surface area contributed by atoms with Crippen LogP contribution in [0.3, 0.4) is 0 Å². The van der Waals surface area contributed by atoms with E-state index < -0.39 is 0 Å². The molecule has 6 heteroatoms. The monoisotopic (exact) mass is 282 g/mol. The molecule has 0 aliphatic carbocycles. The molecule has 2 aliphatic heterocycles. The maximum atomic E-state index is 12.4. The summed E-state index contributed by atoms with van der Waals surface area (Å²) in [6.07, 6.45) is 2.99. The minimum atomic E-state index is 0.0185. The smallest absolute Gasteiger partial charge is 0.239 e. The lowest BCUT2D eigenvalue weighted by atomic mass is 10.2. The third-order valence-corrected chi connectivity index (χ3v) is 4.12. The molecule has 6 nitrogen and oxygen atoms in total. The highest BCUT2D eigenvalue weighted by molar-refractivity contribution is 5.82. The van der Waals surface area contributed by atoms with Gasteiger partial charge in [-0.05, 0) is 25.8 Å². The van der Waals surface area contributed by atoms with E-state index in [-0.39, 0.29) is 17.9 Å². The van der Waals surface area contributed by atoms with E-state index in [9.17, 15) is 9.59 Å². The number of hydrogen-bond acceptors (Lipinski definition) is 4. The Balaban J connectivity index is 1.82. The fourth-order valence-electron chi connectivity index (χ4n) is 2.80. The van der Waals surface area contributed by atoms with E-state index in [0.717, 1.165) is 52.0 Å². The lowest BCUT2D eigenvalue weighted by Gasteiger charge is -2.24. The van der Waals surface area contributed by atoms with Crippen molar-refractivity contribution in [3.05, 3.63) is 0 Å². The molecular weight excluding hydrogens is 256 g/mol. The fourth-order valence-corrected chi connectivity index (χ4v) is 2.80. The van der Waals surface area contributed by atoms with Crippen LogP contribution in [0.5, 0.6) is 0 Å². The summed E-state index contributed by atoms with van der Waals surface area (Å²) < 4.78 is 0. The molecule has 0 aromatic rings. The van der Waals surface area contributed by atoms with Crippen LogP contribution in [0.1, 0.15) is 19.3 Å². The highest BCUT2D eigenvalue weighted by Crippen LogP contribution is 2.11. The Morgan fingerprint density at radius 3 is 2.60 bits per heavy atom. The van der Waals surface area contributed by atoms with Gasteiger partial charge in [0.2, 0.25) is 11.8 Å². The van der Waals surface area contributed by atoms with Crippen LogP contribution in [0.4, 0.5) is 0 Å². The van der Waals surface area contributed by atoms with Gasteiger partial charge < -0.3 is 15.1 Å². The molecule has 0 spiro atoms. The zero-order valence-corrected chi connectivity index (χ0v) is 12.6. The Kier molecular flexibility index (Phi) is 5.37. The van der Waals surface area contributed by atoms with Crippen molar-refractivity contribution in [2.45, 2.75) is 25.3 Å². The molecule has 114 valence electrons. The summed E-state index contributed by atoms with van der Waals surface area (Å²) in [7, 11) is 3.56. The van der Waals surface area contributed by atoms with Crippen molar-refractivity contribution in [3.8, 4) is 0 Å². The standard InChI is InChI=1S/C14H26N4O2/c1-16(2)13(19)11-17-7-4-8-18(10-9-17)14(20)12-5-3-6-15-12/h12,15H,3-11H2,1-2H3. The van der Waals surface area contributed by atoms with Gasteiger partial charge >= 0.3 is 0 Å². The summed E-state index contributed by atoms with van der Waals surface area (Å²) in [5.41, 5.74) is 0. The molecule has 0 saturated carbocycles. The average Bonchev–Trinajstić information content (AvgIpc) is 2.85. The number of amides is 2. The predicted molar refractivity (Wildman–Crippen MR) is 77.4 cm³/mol. The summed E-state index contributed by atoms with van der Waals surface area (Å²) in [4.78, 5) is 29.8. The maximum absolute atomic E-state index is 12.4. The highest BCUT2D eigenvalue weighted by Gasteiger charge is 2.28. The molecule has 0 radical (unpaired) electrons. The van der Waals surface area contributed by atoms with Crippen LogP contribution in [-0.2, 0) is 9.59 Å². The number of likely N-dealkylation sites (N-methyl/N-ethyl adjacent to an activating group) is 1. The van der Waals surface area contributed by atoms with Crippen LogP contribution in [0, 0.1) is 0 Å². The van der Waals surface area contributed by atoms with Gasteiger partial charge in [-0.3, -0.25) is 14.5 Å². The molecule has 0 aromatic carbocycles. The third-order valence-electron chi connectivity index (χ3n) is 4.12. The number of carbonyl (C=O) groups is 2. The third kappa shape index (κ3) is 3.93. The SMILES string of the molecule is CN(C)C(=O)CN1CCCN(C(=O)C2CCCN2)CC1. The van der Waals surface area contributed by atoms with E-state index in [1.54, 1.807) is 19.0 Å². The first kappa shape index (κ1) is 15.3. The van der Waals surface area contributed by atoms with Gasteiger partial charge in [0, 0.05) is 40.3 Å². The van der Waals surface area contributed by atoms with Crippen molar-refractivity contribution in [1.29, 1.82) is 0 Å². The number of carbonyl (C=O) groups excluding carboxylic acids is 2. The predicted octanol–water partition coefficient (Wildman–Crippen LogP) is -0.639. The van der Waals surface area contributed by atoms with Gasteiger partial charge in [-0.25, -0.2) is 0 Å². The molecule has 2 heterocycles.